The van der Waals surface area contributed by atoms with Crippen molar-refractivity contribution in [2.24, 2.45) is 0 Å². The fourth-order valence-electron chi connectivity index (χ4n) is 10.2. The van der Waals surface area contributed by atoms with Crippen LogP contribution in [0.2, 0.25) is 0 Å². The lowest BCUT2D eigenvalue weighted by atomic mass is 9.99. The lowest BCUT2D eigenvalue weighted by Crippen LogP contribution is -2.61. The molecule has 1 aliphatic heterocycles. The number of carbonyl (C=O) groups is 2. The summed E-state index contributed by atoms with van der Waals surface area (Å²) in [5.41, 5.74) is 0. The number of ether oxygens (including phenoxy) is 3. The van der Waals surface area contributed by atoms with Gasteiger partial charge in [0.05, 0.1) is 25.4 Å². The first-order chi connectivity index (χ1) is 40.2. The van der Waals surface area contributed by atoms with Gasteiger partial charge < -0.3 is 45.1 Å². The van der Waals surface area contributed by atoms with Crippen molar-refractivity contribution in [3.8, 4) is 0 Å². The number of aliphatic hydroxyl groups is 5. The Morgan fingerprint density at radius 2 is 0.878 bits per heavy atom. The first-order valence-corrected chi connectivity index (χ1v) is 33.9. The number of nitrogens with one attached hydrogen (secondary N) is 1. The van der Waals surface area contributed by atoms with Crippen LogP contribution in [0, 0.1) is 0 Å². The molecular weight excluding hydrogens is 1030 g/mol. The summed E-state index contributed by atoms with van der Waals surface area (Å²) >= 11 is 0. The van der Waals surface area contributed by atoms with Gasteiger partial charge in [-0.3, -0.25) is 9.59 Å². The van der Waals surface area contributed by atoms with Crippen LogP contribution in [-0.4, -0.2) is 99.6 Å². The summed E-state index contributed by atoms with van der Waals surface area (Å²) in [6.45, 7) is 5.67. The number of hydrogen-bond donors (Lipinski definition) is 6. The fraction of sp³-hybridized carbons (Fsp3) is 0.775. The average Bonchev–Trinajstić information content (AvgIpc) is 3.48. The van der Waals surface area contributed by atoms with E-state index < -0.39 is 67.4 Å². The number of rotatable bonds is 57. The van der Waals surface area contributed by atoms with Crippen molar-refractivity contribution in [2.75, 3.05) is 13.2 Å². The predicted molar refractivity (Wildman–Crippen MR) is 342 cm³/mol. The third-order valence-electron chi connectivity index (χ3n) is 15.5. The highest BCUT2D eigenvalue weighted by Crippen LogP contribution is 2.26. The number of hydrogen-bond acceptors (Lipinski definition) is 10. The summed E-state index contributed by atoms with van der Waals surface area (Å²) in [4.78, 5) is 26.6. The molecule has 474 valence electrons. The molecule has 1 rings (SSSR count). The van der Waals surface area contributed by atoms with Crippen LogP contribution >= 0.6 is 0 Å². The third-order valence-corrected chi connectivity index (χ3v) is 15.5. The van der Waals surface area contributed by atoms with E-state index in [4.69, 9.17) is 14.2 Å². The molecule has 0 spiro atoms. The molecule has 0 aliphatic carbocycles. The van der Waals surface area contributed by atoms with Gasteiger partial charge in [0.15, 0.2) is 12.4 Å². The van der Waals surface area contributed by atoms with Crippen molar-refractivity contribution in [2.45, 2.75) is 339 Å². The number of aliphatic hydroxyl groups excluding tert-OH is 5. The Balaban J connectivity index is 2.56. The highest BCUT2D eigenvalue weighted by Gasteiger charge is 2.47. The summed E-state index contributed by atoms with van der Waals surface area (Å²) in [6, 6.07) is -1.03. The van der Waals surface area contributed by atoms with E-state index in [1.807, 2.05) is 6.08 Å². The Morgan fingerprint density at radius 1 is 0.488 bits per heavy atom. The predicted octanol–water partition coefficient (Wildman–Crippen LogP) is 16.9. The monoisotopic (exact) mass is 1150 g/mol. The highest BCUT2D eigenvalue weighted by molar-refractivity contribution is 5.80. The lowest BCUT2D eigenvalue weighted by molar-refractivity contribution is -0.305. The van der Waals surface area contributed by atoms with Gasteiger partial charge in [-0.05, 0) is 96.3 Å². The SMILES string of the molecule is CC/C=C\C/C=C\C/C=C\C/C=C\C/C=C\CCCCCCCCCCCCCC(=O)OC1C(OCC(NC(=O)C(O)CCCCCCCC/C=C\CCCCCC)C(O)/C=C/CCCCCCCCCCCC)OC(CO)C(O)C1O. The molecule has 8 unspecified atom stereocenters. The van der Waals surface area contributed by atoms with Crippen molar-refractivity contribution in [1.82, 2.24) is 5.32 Å². The van der Waals surface area contributed by atoms with Crippen molar-refractivity contribution in [3.63, 3.8) is 0 Å². The molecule has 1 saturated heterocycles. The number of allylic oxidation sites excluding steroid dienone is 13. The van der Waals surface area contributed by atoms with Gasteiger partial charge in [0.1, 0.15) is 24.4 Å². The number of unbranched alkanes of at least 4 members (excludes halogenated alkanes) is 31. The smallest absolute Gasteiger partial charge is 0.306 e. The van der Waals surface area contributed by atoms with E-state index in [2.05, 4.69) is 99.0 Å². The van der Waals surface area contributed by atoms with Gasteiger partial charge in [-0.1, -0.05) is 273 Å². The molecule has 8 atom stereocenters. The number of carbonyl (C=O) groups excluding carboxylic acids is 2. The molecule has 11 heteroatoms. The van der Waals surface area contributed by atoms with E-state index in [-0.39, 0.29) is 19.4 Å². The quantitative estimate of drug-likeness (QED) is 0.0195. The maximum Gasteiger partial charge on any atom is 0.306 e. The van der Waals surface area contributed by atoms with E-state index in [0.29, 0.717) is 12.8 Å². The molecule has 0 aromatic carbocycles. The molecule has 0 radical (unpaired) electrons. The van der Waals surface area contributed by atoms with Crippen LogP contribution in [0.4, 0.5) is 0 Å². The fourth-order valence-corrected chi connectivity index (χ4v) is 10.2. The molecule has 82 heavy (non-hydrogen) atoms. The van der Waals surface area contributed by atoms with Gasteiger partial charge in [-0.25, -0.2) is 0 Å². The van der Waals surface area contributed by atoms with E-state index in [1.165, 1.54) is 135 Å². The summed E-state index contributed by atoms with van der Waals surface area (Å²) < 4.78 is 17.7. The highest BCUT2D eigenvalue weighted by atomic mass is 16.7. The Bertz CT molecular complexity index is 1660. The van der Waals surface area contributed by atoms with Crippen LogP contribution < -0.4 is 5.32 Å². The molecule has 1 fully saturated rings. The van der Waals surface area contributed by atoms with Gasteiger partial charge in [0.25, 0.3) is 0 Å². The Kier molecular flexibility index (Phi) is 54.6. The van der Waals surface area contributed by atoms with E-state index >= 15 is 0 Å². The minimum Gasteiger partial charge on any atom is -0.454 e. The molecular formula is C71H125NO10. The maximum absolute atomic E-state index is 13.4. The van der Waals surface area contributed by atoms with Gasteiger partial charge in [-0.2, -0.15) is 0 Å². The van der Waals surface area contributed by atoms with Gasteiger partial charge in [0.2, 0.25) is 5.91 Å². The van der Waals surface area contributed by atoms with Crippen LogP contribution in [0.5, 0.6) is 0 Å². The van der Waals surface area contributed by atoms with E-state index in [1.54, 1.807) is 6.08 Å². The van der Waals surface area contributed by atoms with Crippen LogP contribution in [0.3, 0.4) is 0 Å². The largest absolute Gasteiger partial charge is 0.454 e. The van der Waals surface area contributed by atoms with Crippen molar-refractivity contribution in [3.05, 3.63) is 85.1 Å². The molecule has 0 aromatic heterocycles. The molecule has 0 saturated carbocycles. The van der Waals surface area contributed by atoms with E-state index in [9.17, 15) is 35.1 Å². The second-order valence-electron chi connectivity index (χ2n) is 23.2. The van der Waals surface area contributed by atoms with Crippen LogP contribution in [-0.2, 0) is 23.8 Å². The standard InChI is InChI=1S/C71H125NO10/c1-4-7-10-13-16-19-22-25-27-28-29-30-31-32-33-34-35-36-37-38-39-41-44-47-50-53-56-59-66(76)82-69-68(78)67(77)65(60-73)81-71(69)80-61-62(63(74)57-54-51-48-45-42-24-21-18-15-12-9-6-3)72-70(79)64(75)58-55-52-49-46-43-40-26-23-20-17-14-11-8-5-2/h7,10,16,19-20,23,25,27,29-30,32-33,54,57,62-65,67-69,71,73-75,77-78H,4-6,8-9,11-15,17-18,21-22,24,26,28,31,34-53,55-56,58-61H2,1-3H3,(H,72,79)/b10-7-,19-16-,23-20-,27-25-,30-29-,33-32-,57-54+. The number of esters is 1. The van der Waals surface area contributed by atoms with Crippen molar-refractivity contribution in [1.29, 1.82) is 0 Å². The molecule has 11 nitrogen and oxygen atoms in total. The average molecular weight is 1150 g/mol. The summed E-state index contributed by atoms with van der Waals surface area (Å²) in [7, 11) is 0. The zero-order chi connectivity index (χ0) is 59.6. The molecule has 1 heterocycles. The van der Waals surface area contributed by atoms with E-state index in [0.717, 1.165) is 109 Å². The summed E-state index contributed by atoms with van der Waals surface area (Å²) in [6.07, 6.45) is 66.2. The second kappa shape index (κ2) is 58.2. The first-order valence-electron chi connectivity index (χ1n) is 33.9. The van der Waals surface area contributed by atoms with Crippen molar-refractivity contribution < 1.29 is 49.3 Å². The summed E-state index contributed by atoms with van der Waals surface area (Å²) in [5, 5.41) is 57.1. The van der Waals surface area contributed by atoms with Crippen LogP contribution in [0.15, 0.2) is 85.1 Å². The van der Waals surface area contributed by atoms with Crippen molar-refractivity contribution >= 4 is 11.9 Å². The zero-order valence-electron chi connectivity index (χ0n) is 52.6. The summed E-state index contributed by atoms with van der Waals surface area (Å²) in [5.74, 6) is -1.20. The topological polar surface area (TPSA) is 175 Å². The maximum atomic E-state index is 13.4. The van der Waals surface area contributed by atoms with Gasteiger partial charge >= 0.3 is 5.97 Å². The van der Waals surface area contributed by atoms with Gasteiger partial charge in [0, 0.05) is 6.42 Å². The van der Waals surface area contributed by atoms with Crippen LogP contribution in [0.25, 0.3) is 0 Å². The third kappa shape index (κ3) is 45.2. The van der Waals surface area contributed by atoms with Crippen LogP contribution in [0.1, 0.15) is 290 Å². The lowest BCUT2D eigenvalue weighted by Gasteiger charge is -2.41. The first kappa shape index (κ1) is 76.9. The zero-order valence-corrected chi connectivity index (χ0v) is 52.6. The molecule has 0 aromatic rings. The Morgan fingerprint density at radius 3 is 1.34 bits per heavy atom. The molecule has 1 aliphatic rings. The second-order valence-corrected chi connectivity index (χ2v) is 23.2. The van der Waals surface area contributed by atoms with Gasteiger partial charge in [-0.15, -0.1) is 0 Å². The number of amides is 1. The normalized spacial score (nSPS) is 19.1. The molecule has 0 bridgehead atoms. The molecule has 1 amide bonds. The molecule has 6 N–H and O–H groups in total. The Hall–Kier alpha value is -3.16. The minimum atomic E-state index is -1.62. The minimum absolute atomic E-state index is 0.116. The Labute approximate surface area is 502 Å².